The van der Waals surface area contributed by atoms with E-state index >= 15 is 0 Å². The molecule has 0 unspecified atom stereocenters. The third-order valence-corrected chi connectivity index (χ3v) is 2.50. The predicted molar refractivity (Wildman–Crippen MR) is 71.9 cm³/mol. The number of aliphatic hydroxyl groups is 1. The Morgan fingerprint density at radius 2 is 2.11 bits per heavy atom. The highest BCUT2D eigenvalue weighted by molar-refractivity contribution is 6.32. The van der Waals surface area contributed by atoms with E-state index in [1.54, 1.807) is 0 Å². The van der Waals surface area contributed by atoms with Gasteiger partial charge in [0.2, 0.25) is 0 Å². The molecule has 0 spiro atoms. The van der Waals surface area contributed by atoms with Gasteiger partial charge in [0, 0.05) is 12.5 Å². The number of hydrogen-bond donors (Lipinski definition) is 3. The fraction of sp³-hybridized carbons (Fsp3) is 0.636. The van der Waals surface area contributed by atoms with Crippen molar-refractivity contribution in [3.8, 4) is 0 Å². The van der Waals surface area contributed by atoms with Gasteiger partial charge in [0.25, 0.3) is 0 Å². The van der Waals surface area contributed by atoms with Gasteiger partial charge in [-0.3, -0.25) is 0 Å². The summed E-state index contributed by atoms with van der Waals surface area (Å²) >= 11 is 5.95. The molecule has 102 valence electrons. The SMILES string of the molecule is CC(C)c1nc(Cl)c(N)c(NCCOCCO)n1. The highest BCUT2D eigenvalue weighted by atomic mass is 35.5. The van der Waals surface area contributed by atoms with Crippen LogP contribution in [0, 0.1) is 0 Å². The Morgan fingerprint density at radius 1 is 1.39 bits per heavy atom. The Hall–Kier alpha value is -1.11. The van der Waals surface area contributed by atoms with Crippen molar-refractivity contribution >= 4 is 23.1 Å². The number of nitrogens with one attached hydrogen (secondary N) is 1. The monoisotopic (exact) mass is 274 g/mol. The number of anilines is 2. The van der Waals surface area contributed by atoms with E-state index in [-0.39, 0.29) is 17.7 Å². The maximum atomic E-state index is 8.56. The number of rotatable bonds is 7. The number of nitrogens with zero attached hydrogens (tertiary/aromatic N) is 2. The molecule has 0 atom stereocenters. The van der Waals surface area contributed by atoms with Gasteiger partial charge in [-0.25, -0.2) is 9.97 Å². The second-order valence-electron chi connectivity index (χ2n) is 4.05. The molecule has 18 heavy (non-hydrogen) atoms. The number of ether oxygens (including phenoxy) is 1. The lowest BCUT2D eigenvalue weighted by Gasteiger charge is -2.12. The molecule has 7 heteroatoms. The van der Waals surface area contributed by atoms with E-state index in [2.05, 4.69) is 15.3 Å². The zero-order valence-electron chi connectivity index (χ0n) is 10.6. The molecule has 1 rings (SSSR count). The van der Waals surface area contributed by atoms with Gasteiger partial charge in [-0.2, -0.15) is 0 Å². The van der Waals surface area contributed by atoms with Gasteiger partial charge in [-0.05, 0) is 0 Å². The minimum atomic E-state index is 0.0129. The van der Waals surface area contributed by atoms with Crippen molar-refractivity contribution in [2.45, 2.75) is 19.8 Å². The van der Waals surface area contributed by atoms with Crippen LogP contribution < -0.4 is 11.1 Å². The van der Waals surface area contributed by atoms with Crippen LogP contribution in [-0.2, 0) is 4.74 Å². The van der Waals surface area contributed by atoms with E-state index in [1.165, 1.54) is 0 Å². The molecule has 0 amide bonds. The first-order valence-electron chi connectivity index (χ1n) is 5.81. The first kappa shape index (κ1) is 14.9. The molecule has 0 radical (unpaired) electrons. The molecule has 0 aromatic carbocycles. The zero-order chi connectivity index (χ0) is 13.5. The molecule has 0 bridgehead atoms. The number of aliphatic hydroxyl groups excluding tert-OH is 1. The minimum absolute atomic E-state index is 0.0129. The van der Waals surface area contributed by atoms with Gasteiger partial charge < -0.3 is 20.9 Å². The van der Waals surface area contributed by atoms with Gasteiger partial charge >= 0.3 is 0 Å². The van der Waals surface area contributed by atoms with Crippen LogP contribution >= 0.6 is 11.6 Å². The molecule has 0 saturated heterocycles. The lowest BCUT2D eigenvalue weighted by atomic mass is 10.2. The minimum Gasteiger partial charge on any atom is -0.394 e. The Morgan fingerprint density at radius 3 is 2.72 bits per heavy atom. The van der Waals surface area contributed by atoms with E-state index in [4.69, 9.17) is 27.2 Å². The molecule has 1 heterocycles. The van der Waals surface area contributed by atoms with E-state index in [0.29, 0.717) is 37.1 Å². The number of nitrogens with two attached hydrogens (primary N) is 1. The summed E-state index contributed by atoms with van der Waals surface area (Å²) in [5.74, 6) is 1.34. The third-order valence-electron chi connectivity index (χ3n) is 2.21. The topological polar surface area (TPSA) is 93.3 Å². The highest BCUT2D eigenvalue weighted by Gasteiger charge is 2.12. The summed E-state index contributed by atoms with van der Waals surface area (Å²) in [5, 5.41) is 11.9. The lowest BCUT2D eigenvalue weighted by Crippen LogP contribution is -2.15. The summed E-state index contributed by atoms with van der Waals surface area (Å²) in [4.78, 5) is 8.43. The van der Waals surface area contributed by atoms with Crippen molar-refractivity contribution in [3.05, 3.63) is 11.0 Å². The van der Waals surface area contributed by atoms with Gasteiger partial charge in [-0.1, -0.05) is 25.4 Å². The smallest absolute Gasteiger partial charge is 0.157 e. The molecular weight excluding hydrogens is 256 g/mol. The van der Waals surface area contributed by atoms with Crippen molar-refractivity contribution in [2.75, 3.05) is 37.4 Å². The second kappa shape index (κ2) is 7.35. The fourth-order valence-electron chi connectivity index (χ4n) is 1.26. The molecule has 0 aliphatic rings. The maximum Gasteiger partial charge on any atom is 0.157 e. The number of nitrogen functional groups attached to an aromatic ring is 1. The molecule has 1 aromatic rings. The van der Waals surface area contributed by atoms with Crippen LogP contribution in [-0.4, -0.2) is 41.4 Å². The number of hydrogen-bond acceptors (Lipinski definition) is 6. The molecular formula is C11H19ClN4O2. The molecule has 0 fully saturated rings. The van der Waals surface area contributed by atoms with Crippen LogP contribution in [0.25, 0.3) is 0 Å². The molecule has 0 aliphatic carbocycles. The Labute approximate surface area is 112 Å². The summed E-state index contributed by atoms with van der Waals surface area (Å²) in [6.07, 6.45) is 0. The summed E-state index contributed by atoms with van der Waals surface area (Å²) in [6, 6.07) is 0. The normalized spacial score (nSPS) is 10.9. The number of halogens is 1. The molecule has 6 nitrogen and oxygen atoms in total. The standard InChI is InChI=1S/C11H19ClN4O2/c1-7(2)10-15-9(12)8(13)11(16-10)14-3-5-18-6-4-17/h7,17H,3-6,13H2,1-2H3,(H,14,15,16). The second-order valence-corrected chi connectivity index (χ2v) is 4.41. The first-order valence-corrected chi connectivity index (χ1v) is 6.19. The van der Waals surface area contributed by atoms with E-state index in [0.717, 1.165) is 0 Å². The number of aromatic nitrogens is 2. The van der Waals surface area contributed by atoms with E-state index in [1.807, 2.05) is 13.8 Å². The quantitative estimate of drug-likeness (QED) is 0.512. The molecule has 0 aliphatic heterocycles. The fourth-order valence-corrected chi connectivity index (χ4v) is 1.44. The lowest BCUT2D eigenvalue weighted by molar-refractivity contribution is 0.0992. The van der Waals surface area contributed by atoms with Crippen molar-refractivity contribution < 1.29 is 9.84 Å². The van der Waals surface area contributed by atoms with Gasteiger partial charge in [0.15, 0.2) is 11.0 Å². The zero-order valence-corrected chi connectivity index (χ0v) is 11.4. The van der Waals surface area contributed by atoms with Crippen molar-refractivity contribution in [1.82, 2.24) is 9.97 Å². The molecule has 4 N–H and O–H groups in total. The van der Waals surface area contributed by atoms with E-state index < -0.39 is 0 Å². The van der Waals surface area contributed by atoms with Crippen molar-refractivity contribution in [1.29, 1.82) is 0 Å². The predicted octanol–water partition coefficient (Wildman–Crippen LogP) is 1.26. The Balaban J connectivity index is 2.63. The van der Waals surface area contributed by atoms with E-state index in [9.17, 15) is 0 Å². The van der Waals surface area contributed by atoms with Gasteiger partial charge in [0.05, 0.1) is 19.8 Å². The van der Waals surface area contributed by atoms with Crippen molar-refractivity contribution in [2.24, 2.45) is 0 Å². The first-order chi connectivity index (χ1) is 8.56. The summed E-state index contributed by atoms with van der Waals surface area (Å²) < 4.78 is 5.12. The summed E-state index contributed by atoms with van der Waals surface area (Å²) in [5.41, 5.74) is 6.13. The van der Waals surface area contributed by atoms with Crippen LogP contribution in [0.1, 0.15) is 25.6 Å². The molecule has 0 saturated carbocycles. The maximum absolute atomic E-state index is 8.56. The van der Waals surface area contributed by atoms with Crippen LogP contribution in [0.2, 0.25) is 5.15 Å². The van der Waals surface area contributed by atoms with Crippen LogP contribution in [0.15, 0.2) is 0 Å². The Kier molecular flexibility index (Phi) is 6.11. The third kappa shape index (κ3) is 4.29. The van der Waals surface area contributed by atoms with Crippen LogP contribution in [0.3, 0.4) is 0 Å². The average molecular weight is 275 g/mol. The largest absolute Gasteiger partial charge is 0.394 e. The average Bonchev–Trinajstić information content (AvgIpc) is 2.33. The van der Waals surface area contributed by atoms with Crippen molar-refractivity contribution in [3.63, 3.8) is 0 Å². The highest BCUT2D eigenvalue weighted by Crippen LogP contribution is 2.25. The molecule has 1 aromatic heterocycles. The van der Waals surface area contributed by atoms with Crippen LogP contribution in [0.5, 0.6) is 0 Å². The van der Waals surface area contributed by atoms with Crippen LogP contribution in [0.4, 0.5) is 11.5 Å². The van der Waals surface area contributed by atoms with Gasteiger partial charge in [-0.15, -0.1) is 0 Å². The summed E-state index contributed by atoms with van der Waals surface area (Å²) in [6.45, 7) is 5.29. The Bertz CT molecular complexity index is 388. The summed E-state index contributed by atoms with van der Waals surface area (Å²) in [7, 11) is 0. The van der Waals surface area contributed by atoms with Gasteiger partial charge in [0.1, 0.15) is 11.5 Å².